The molecule has 2 aromatic rings. The van der Waals surface area contributed by atoms with Crippen LogP contribution in [0.5, 0.6) is 0 Å². The Morgan fingerprint density at radius 3 is 2.45 bits per heavy atom. The predicted octanol–water partition coefficient (Wildman–Crippen LogP) is 4.30. The Morgan fingerprint density at radius 2 is 1.90 bits per heavy atom. The molecule has 2 N–H and O–H groups in total. The number of nitrogens with zero attached hydrogens (tertiary/aromatic N) is 1. The maximum Gasteiger partial charge on any atom is 0.335 e. The van der Waals surface area contributed by atoms with Crippen LogP contribution in [-0.2, 0) is 0 Å². The fourth-order valence-corrected chi connectivity index (χ4v) is 1.99. The van der Waals surface area contributed by atoms with Crippen molar-refractivity contribution in [2.45, 2.75) is 19.8 Å². The molecule has 2 rings (SSSR count). The molecule has 0 unspecified atom stereocenters. The SMILES string of the molecule is CC(C)c1ccc(Nc2cc(C(=O)O)cc(Cl)n2)cc1. The maximum absolute atomic E-state index is 11.0. The van der Waals surface area contributed by atoms with Gasteiger partial charge in [-0.2, -0.15) is 0 Å². The van der Waals surface area contributed by atoms with Crippen LogP contribution in [0.3, 0.4) is 0 Å². The van der Waals surface area contributed by atoms with Crippen LogP contribution in [0.25, 0.3) is 0 Å². The van der Waals surface area contributed by atoms with Crippen LogP contribution in [0.4, 0.5) is 11.5 Å². The van der Waals surface area contributed by atoms with Gasteiger partial charge in [0.1, 0.15) is 11.0 Å². The van der Waals surface area contributed by atoms with Gasteiger partial charge in [-0.05, 0) is 35.7 Å². The molecule has 0 saturated heterocycles. The fourth-order valence-electron chi connectivity index (χ4n) is 1.78. The summed E-state index contributed by atoms with van der Waals surface area (Å²) in [5.41, 5.74) is 2.17. The number of carboxylic acid groups (broad SMARTS) is 1. The number of nitrogens with one attached hydrogen (secondary N) is 1. The number of benzene rings is 1. The van der Waals surface area contributed by atoms with Gasteiger partial charge in [-0.15, -0.1) is 0 Å². The lowest BCUT2D eigenvalue weighted by Crippen LogP contribution is -2.01. The van der Waals surface area contributed by atoms with Crippen molar-refractivity contribution in [2.24, 2.45) is 0 Å². The van der Waals surface area contributed by atoms with E-state index in [2.05, 4.69) is 24.1 Å². The third-order valence-corrected chi connectivity index (χ3v) is 3.08. The number of rotatable bonds is 4. The molecule has 1 heterocycles. The lowest BCUT2D eigenvalue weighted by molar-refractivity contribution is 0.0697. The number of hydrogen-bond acceptors (Lipinski definition) is 3. The van der Waals surface area contributed by atoms with E-state index >= 15 is 0 Å². The van der Waals surface area contributed by atoms with E-state index in [4.69, 9.17) is 16.7 Å². The van der Waals surface area contributed by atoms with Crippen LogP contribution >= 0.6 is 11.6 Å². The number of halogens is 1. The lowest BCUT2D eigenvalue weighted by Gasteiger charge is -2.09. The van der Waals surface area contributed by atoms with Gasteiger partial charge >= 0.3 is 5.97 Å². The Morgan fingerprint density at radius 1 is 1.25 bits per heavy atom. The van der Waals surface area contributed by atoms with E-state index in [-0.39, 0.29) is 10.7 Å². The Hall–Kier alpha value is -2.07. The highest BCUT2D eigenvalue weighted by Crippen LogP contribution is 2.21. The minimum Gasteiger partial charge on any atom is -0.478 e. The molecular weight excluding hydrogens is 276 g/mol. The molecule has 0 saturated carbocycles. The van der Waals surface area contributed by atoms with Gasteiger partial charge in [0.2, 0.25) is 0 Å². The first-order valence-electron chi connectivity index (χ1n) is 6.23. The number of hydrogen-bond donors (Lipinski definition) is 2. The first kappa shape index (κ1) is 14.3. The van der Waals surface area contributed by atoms with Crippen molar-refractivity contribution in [3.63, 3.8) is 0 Å². The van der Waals surface area contributed by atoms with E-state index in [9.17, 15) is 4.79 Å². The second-order valence-corrected chi connectivity index (χ2v) is 5.16. The van der Waals surface area contributed by atoms with Gasteiger partial charge in [0.05, 0.1) is 5.56 Å². The Balaban J connectivity index is 2.23. The first-order chi connectivity index (χ1) is 9.45. The largest absolute Gasteiger partial charge is 0.478 e. The number of carbonyl (C=O) groups is 1. The van der Waals surface area contributed by atoms with E-state index < -0.39 is 5.97 Å². The number of aromatic nitrogens is 1. The molecule has 0 bridgehead atoms. The van der Waals surface area contributed by atoms with Gasteiger partial charge in [0, 0.05) is 5.69 Å². The zero-order valence-corrected chi connectivity index (χ0v) is 12.0. The van der Waals surface area contributed by atoms with Crippen LogP contribution < -0.4 is 5.32 Å². The number of carboxylic acids is 1. The Labute approximate surface area is 122 Å². The molecular formula is C15H15ClN2O2. The highest BCUT2D eigenvalue weighted by atomic mass is 35.5. The van der Waals surface area contributed by atoms with Crippen molar-refractivity contribution in [1.82, 2.24) is 4.98 Å². The summed E-state index contributed by atoms with van der Waals surface area (Å²) in [6.07, 6.45) is 0. The quantitative estimate of drug-likeness (QED) is 0.824. The summed E-state index contributed by atoms with van der Waals surface area (Å²) in [6, 6.07) is 10.7. The van der Waals surface area contributed by atoms with Gasteiger partial charge in [0.25, 0.3) is 0 Å². The van der Waals surface area contributed by atoms with Crippen LogP contribution in [-0.4, -0.2) is 16.1 Å². The smallest absolute Gasteiger partial charge is 0.335 e. The van der Waals surface area contributed by atoms with Crippen LogP contribution in [0.2, 0.25) is 5.15 Å². The topological polar surface area (TPSA) is 62.2 Å². The van der Waals surface area contributed by atoms with Crippen molar-refractivity contribution >= 4 is 29.1 Å². The normalized spacial score (nSPS) is 10.6. The summed E-state index contributed by atoms with van der Waals surface area (Å²) in [7, 11) is 0. The standard InChI is InChI=1S/C15H15ClN2O2/c1-9(2)10-3-5-12(6-4-10)17-14-8-11(15(19)20)7-13(16)18-14/h3-9H,1-2H3,(H,17,18)(H,19,20). The second-order valence-electron chi connectivity index (χ2n) is 4.77. The molecule has 0 aliphatic rings. The molecule has 20 heavy (non-hydrogen) atoms. The molecule has 4 nitrogen and oxygen atoms in total. The predicted molar refractivity (Wildman–Crippen MR) is 80.0 cm³/mol. The van der Waals surface area contributed by atoms with Crippen LogP contribution in [0, 0.1) is 0 Å². The van der Waals surface area contributed by atoms with Gasteiger partial charge < -0.3 is 10.4 Å². The minimum absolute atomic E-state index is 0.103. The second kappa shape index (κ2) is 5.92. The van der Waals surface area contributed by atoms with E-state index in [0.717, 1.165) is 5.69 Å². The molecule has 0 aliphatic carbocycles. The van der Waals surface area contributed by atoms with Gasteiger partial charge in [-0.25, -0.2) is 9.78 Å². The summed E-state index contributed by atoms with van der Waals surface area (Å²) < 4.78 is 0. The van der Waals surface area contributed by atoms with Crippen molar-refractivity contribution in [3.8, 4) is 0 Å². The molecule has 0 fully saturated rings. The highest BCUT2D eigenvalue weighted by molar-refractivity contribution is 6.29. The monoisotopic (exact) mass is 290 g/mol. The fraction of sp³-hybridized carbons (Fsp3) is 0.200. The Bertz CT molecular complexity index is 624. The molecule has 0 spiro atoms. The summed E-state index contributed by atoms with van der Waals surface area (Å²) in [4.78, 5) is 15.0. The van der Waals surface area contributed by atoms with Gasteiger partial charge in [0.15, 0.2) is 0 Å². The van der Waals surface area contributed by atoms with Crippen LogP contribution in [0.15, 0.2) is 36.4 Å². The van der Waals surface area contributed by atoms with Crippen molar-refractivity contribution in [2.75, 3.05) is 5.32 Å². The third-order valence-electron chi connectivity index (χ3n) is 2.89. The van der Waals surface area contributed by atoms with E-state index in [1.807, 2.05) is 24.3 Å². The summed E-state index contributed by atoms with van der Waals surface area (Å²) in [5.74, 6) is -0.160. The zero-order chi connectivity index (χ0) is 14.7. The van der Waals surface area contributed by atoms with Gasteiger partial charge in [-0.1, -0.05) is 37.6 Å². The summed E-state index contributed by atoms with van der Waals surface area (Å²) >= 11 is 5.81. The minimum atomic E-state index is -1.03. The molecule has 1 aromatic heterocycles. The van der Waals surface area contributed by atoms with Crippen molar-refractivity contribution in [3.05, 3.63) is 52.7 Å². The van der Waals surface area contributed by atoms with Crippen molar-refractivity contribution < 1.29 is 9.90 Å². The number of pyridine rings is 1. The van der Waals surface area contributed by atoms with E-state index in [0.29, 0.717) is 11.7 Å². The van der Waals surface area contributed by atoms with E-state index in [1.165, 1.54) is 17.7 Å². The highest BCUT2D eigenvalue weighted by Gasteiger charge is 2.08. The number of aromatic carboxylic acids is 1. The number of anilines is 2. The molecule has 104 valence electrons. The summed E-state index contributed by atoms with van der Waals surface area (Å²) in [6.45, 7) is 4.25. The average molecular weight is 291 g/mol. The maximum atomic E-state index is 11.0. The Kier molecular flexibility index (Phi) is 4.25. The van der Waals surface area contributed by atoms with Crippen LogP contribution in [0.1, 0.15) is 35.7 Å². The van der Waals surface area contributed by atoms with Crippen molar-refractivity contribution in [1.29, 1.82) is 0 Å². The first-order valence-corrected chi connectivity index (χ1v) is 6.61. The lowest BCUT2D eigenvalue weighted by atomic mass is 10.0. The third kappa shape index (κ3) is 3.48. The molecule has 5 heteroatoms. The molecule has 0 atom stereocenters. The molecule has 1 aromatic carbocycles. The average Bonchev–Trinajstić information content (AvgIpc) is 2.38. The summed E-state index contributed by atoms with van der Waals surface area (Å²) in [5, 5.41) is 12.2. The molecule has 0 aliphatic heterocycles. The van der Waals surface area contributed by atoms with E-state index in [1.54, 1.807) is 0 Å². The zero-order valence-electron chi connectivity index (χ0n) is 11.2. The molecule has 0 radical (unpaired) electrons. The van der Waals surface area contributed by atoms with Gasteiger partial charge in [-0.3, -0.25) is 0 Å². The molecule has 0 amide bonds.